The highest BCUT2D eigenvalue weighted by atomic mass is 16.6. The van der Waals surface area contributed by atoms with Crippen molar-refractivity contribution in [3.8, 4) is 17.0 Å². The maximum absolute atomic E-state index is 13.6. The van der Waals surface area contributed by atoms with E-state index in [4.69, 9.17) is 10.5 Å². The summed E-state index contributed by atoms with van der Waals surface area (Å²) >= 11 is 0. The molecule has 1 unspecified atom stereocenters. The van der Waals surface area contributed by atoms with E-state index in [1.54, 1.807) is 22.8 Å². The molecule has 0 saturated heterocycles. The Morgan fingerprint density at radius 3 is 2.67 bits per heavy atom. The zero-order valence-electron chi connectivity index (χ0n) is 15.7. The Hall–Kier alpha value is -4.20. The van der Waals surface area contributed by atoms with Crippen molar-refractivity contribution >= 4 is 22.4 Å². The average Bonchev–Trinajstić information content (AvgIpc) is 2.77. The van der Waals surface area contributed by atoms with Crippen LogP contribution in [-0.2, 0) is 0 Å². The van der Waals surface area contributed by atoms with Crippen molar-refractivity contribution in [1.82, 2.24) is 9.55 Å². The Labute approximate surface area is 170 Å². The molecule has 8 heteroatoms. The number of para-hydroxylation sites is 1. The highest BCUT2D eigenvalue weighted by Crippen LogP contribution is 2.35. The largest absolute Gasteiger partial charge is 0.489 e. The summed E-state index contributed by atoms with van der Waals surface area (Å²) in [6.45, 7) is 0.282. The van der Waals surface area contributed by atoms with Crippen molar-refractivity contribution in [2.45, 2.75) is 6.04 Å². The van der Waals surface area contributed by atoms with Gasteiger partial charge in [-0.1, -0.05) is 36.4 Å². The Morgan fingerprint density at radius 2 is 1.90 bits per heavy atom. The summed E-state index contributed by atoms with van der Waals surface area (Å²) in [5, 5.41) is 11.3. The monoisotopic (exact) mass is 400 g/mol. The Bertz CT molecular complexity index is 1370. The van der Waals surface area contributed by atoms with Crippen LogP contribution in [-0.4, -0.2) is 21.1 Å². The molecule has 2 N–H and O–H groups in total. The number of nitrogens with zero attached hydrogens (tertiary/aromatic N) is 3. The quantitative estimate of drug-likeness (QED) is 0.320. The maximum atomic E-state index is 13.6. The summed E-state index contributed by atoms with van der Waals surface area (Å²) in [4.78, 5) is 28.9. The summed E-state index contributed by atoms with van der Waals surface area (Å²) in [6, 6.07) is 18.6. The van der Waals surface area contributed by atoms with Gasteiger partial charge in [0.2, 0.25) is 0 Å². The average molecular weight is 400 g/mol. The lowest BCUT2D eigenvalue weighted by molar-refractivity contribution is -0.384. The molecule has 0 amide bonds. The van der Waals surface area contributed by atoms with Crippen molar-refractivity contribution < 1.29 is 9.66 Å². The molecule has 1 atom stereocenters. The SMILES string of the molecule is Nc1ccc([N+](=O)[O-])cc1-c1nc2cccc3c2n(c1=O)C(c1ccccc1)CO3. The van der Waals surface area contributed by atoms with Gasteiger partial charge in [0.25, 0.3) is 11.2 Å². The van der Waals surface area contributed by atoms with Gasteiger partial charge in [-0.05, 0) is 23.8 Å². The number of aromatic nitrogens is 2. The van der Waals surface area contributed by atoms with E-state index >= 15 is 0 Å². The fourth-order valence-electron chi connectivity index (χ4n) is 3.84. The van der Waals surface area contributed by atoms with Crippen molar-refractivity contribution in [2.24, 2.45) is 0 Å². The van der Waals surface area contributed by atoms with Crippen LogP contribution in [0.2, 0.25) is 0 Å². The molecule has 8 nitrogen and oxygen atoms in total. The number of nitrogen functional groups attached to an aromatic ring is 1. The smallest absolute Gasteiger partial charge is 0.278 e. The van der Waals surface area contributed by atoms with Crippen LogP contribution in [0, 0.1) is 10.1 Å². The first-order valence-electron chi connectivity index (χ1n) is 9.32. The summed E-state index contributed by atoms with van der Waals surface area (Å²) < 4.78 is 7.58. The third kappa shape index (κ3) is 2.69. The number of nitro benzene ring substituents is 1. The lowest BCUT2D eigenvalue weighted by atomic mass is 10.0. The van der Waals surface area contributed by atoms with Gasteiger partial charge >= 0.3 is 0 Å². The first-order valence-corrected chi connectivity index (χ1v) is 9.32. The highest BCUT2D eigenvalue weighted by molar-refractivity contribution is 5.86. The number of hydrogen-bond acceptors (Lipinski definition) is 6. The topological polar surface area (TPSA) is 113 Å². The Kier molecular flexibility index (Phi) is 3.99. The molecule has 1 aromatic heterocycles. The van der Waals surface area contributed by atoms with Gasteiger partial charge in [0.15, 0.2) is 0 Å². The third-order valence-corrected chi connectivity index (χ3v) is 5.27. The van der Waals surface area contributed by atoms with Gasteiger partial charge in [0.05, 0.1) is 16.5 Å². The molecule has 4 aromatic rings. The summed E-state index contributed by atoms with van der Waals surface area (Å²) in [6.07, 6.45) is 0. The second-order valence-corrected chi connectivity index (χ2v) is 7.03. The zero-order chi connectivity index (χ0) is 20.8. The van der Waals surface area contributed by atoms with Crippen LogP contribution in [0.25, 0.3) is 22.3 Å². The second kappa shape index (κ2) is 6.70. The van der Waals surface area contributed by atoms with E-state index in [-0.39, 0.29) is 40.8 Å². The standard InChI is InChI=1S/C22H16N4O4/c23-16-10-9-14(26(28)29)11-15(16)20-22(27)25-18(13-5-2-1-3-6-13)12-30-19-8-4-7-17(24-20)21(19)25/h1-11,18H,12,23H2. The van der Waals surface area contributed by atoms with Crippen LogP contribution in [0.3, 0.4) is 0 Å². The molecule has 0 saturated carbocycles. The van der Waals surface area contributed by atoms with Crippen LogP contribution in [0.15, 0.2) is 71.5 Å². The number of anilines is 1. The van der Waals surface area contributed by atoms with E-state index in [0.717, 1.165) is 5.56 Å². The highest BCUT2D eigenvalue weighted by Gasteiger charge is 2.28. The molecule has 30 heavy (non-hydrogen) atoms. The lowest BCUT2D eigenvalue weighted by Crippen LogP contribution is -2.34. The normalized spacial score (nSPS) is 15.0. The Morgan fingerprint density at radius 1 is 1.10 bits per heavy atom. The molecular formula is C22H16N4O4. The van der Waals surface area contributed by atoms with Gasteiger partial charge in [-0.25, -0.2) is 4.98 Å². The molecule has 3 aromatic carbocycles. The van der Waals surface area contributed by atoms with E-state index in [1.165, 1.54) is 18.2 Å². The van der Waals surface area contributed by atoms with E-state index in [2.05, 4.69) is 4.98 Å². The molecule has 0 radical (unpaired) electrons. The first-order chi connectivity index (χ1) is 14.5. The summed E-state index contributed by atoms with van der Waals surface area (Å²) in [7, 11) is 0. The molecular weight excluding hydrogens is 384 g/mol. The molecule has 1 aliphatic heterocycles. The molecule has 0 fully saturated rings. The van der Waals surface area contributed by atoms with E-state index in [9.17, 15) is 14.9 Å². The fraction of sp³-hybridized carbons (Fsp3) is 0.0909. The van der Waals surface area contributed by atoms with Gasteiger partial charge < -0.3 is 10.5 Å². The van der Waals surface area contributed by atoms with Crippen LogP contribution < -0.4 is 16.0 Å². The zero-order valence-corrected chi connectivity index (χ0v) is 15.7. The van der Waals surface area contributed by atoms with Crippen molar-refractivity contribution in [3.05, 3.63) is 92.8 Å². The number of benzene rings is 3. The van der Waals surface area contributed by atoms with Crippen molar-refractivity contribution in [2.75, 3.05) is 12.3 Å². The molecule has 2 heterocycles. The maximum Gasteiger partial charge on any atom is 0.278 e. The van der Waals surface area contributed by atoms with Gasteiger partial charge in [-0.15, -0.1) is 0 Å². The summed E-state index contributed by atoms with van der Waals surface area (Å²) in [5.74, 6) is 0.572. The molecule has 0 spiro atoms. The predicted molar refractivity (Wildman–Crippen MR) is 113 cm³/mol. The van der Waals surface area contributed by atoms with Crippen LogP contribution in [0.5, 0.6) is 5.75 Å². The van der Waals surface area contributed by atoms with Crippen molar-refractivity contribution in [3.63, 3.8) is 0 Å². The third-order valence-electron chi connectivity index (χ3n) is 5.27. The number of non-ortho nitro benzene ring substituents is 1. The number of nitrogens with two attached hydrogens (primary N) is 1. The number of nitro groups is 1. The minimum Gasteiger partial charge on any atom is -0.489 e. The van der Waals surface area contributed by atoms with Crippen LogP contribution in [0.4, 0.5) is 11.4 Å². The molecule has 0 aliphatic carbocycles. The van der Waals surface area contributed by atoms with Gasteiger partial charge in [0.1, 0.15) is 23.6 Å². The van der Waals surface area contributed by atoms with E-state index in [0.29, 0.717) is 16.8 Å². The number of ether oxygens (including phenoxy) is 1. The first kappa shape index (κ1) is 17.9. The predicted octanol–water partition coefficient (Wildman–Crippen LogP) is 3.54. The molecule has 0 bridgehead atoms. The van der Waals surface area contributed by atoms with Gasteiger partial charge in [-0.2, -0.15) is 0 Å². The van der Waals surface area contributed by atoms with E-state index < -0.39 is 4.92 Å². The minimum atomic E-state index is -0.523. The van der Waals surface area contributed by atoms with Crippen LogP contribution >= 0.6 is 0 Å². The van der Waals surface area contributed by atoms with Gasteiger partial charge in [0, 0.05) is 23.4 Å². The van der Waals surface area contributed by atoms with E-state index in [1.807, 2.05) is 30.3 Å². The van der Waals surface area contributed by atoms with Crippen molar-refractivity contribution in [1.29, 1.82) is 0 Å². The summed E-state index contributed by atoms with van der Waals surface area (Å²) in [5.41, 5.74) is 8.17. The molecule has 1 aliphatic rings. The lowest BCUT2D eigenvalue weighted by Gasteiger charge is -2.28. The van der Waals surface area contributed by atoms with Gasteiger partial charge in [-0.3, -0.25) is 19.5 Å². The fourth-order valence-corrected chi connectivity index (χ4v) is 3.84. The second-order valence-electron chi connectivity index (χ2n) is 7.03. The molecule has 5 rings (SSSR count). The number of hydrogen-bond donors (Lipinski definition) is 1. The Balaban J connectivity index is 1.84. The number of rotatable bonds is 3. The molecule has 148 valence electrons. The minimum absolute atomic E-state index is 0.0729. The van der Waals surface area contributed by atoms with Crippen LogP contribution in [0.1, 0.15) is 11.6 Å².